The molecular weight excluding hydrogens is 512 g/mol. The Balaban J connectivity index is 2.64. The number of para-hydroxylation sites is 1. The van der Waals surface area contributed by atoms with Crippen LogP contribution in [0.3, 0.4) is 0 Å². The molecule has 0 aliphatic carbocycles. The molecule has 0 saturated carbocycles. The largest absolute Gasteiger partial charge is 0.508 e. The molecule has 4 amide bonds. The molecule has 2 atom stereocenters. The number of hydrogen-bond acceptors (Lipinski definition) is 6. The number of primary amides is 1. The number of nitrogens with two attached hydrogens (primary N) is 1. The molecule has 5 N–H and O–H groups in total. The van der Waals surface area contributed by atoms with Crippen molar-refractivity contribution in [3.8, 4) is 5.75 Å². The topological polar surface area (TPSA) is 151 Å². The minimum atomic E-state index is -1.21. The Bertz CT molecular complexity index is 1250. The third-order valence-electron chi connectivity index (χ3n) is 6.07. The predicted octanol–water partition coefficient (Wildman–Crippen LogP) is 4.47. The van der Waals surface area contributed by atoms with Crippen LogP contribution in [-0.2, 0) is 19.1 Å². The summed E-state index contributed by atoms with van der Waals surface area (Å²) < 4.78 is 5.36. The summed E-state index contributed by atoms with van der Waals surface area (Å²) in [7, 11) is 0. The lowest BCUT2D eigenvalue weighted by molar-refractivity contribution is -0.147. The fraction of sp³-hybridized carbons (Fsp3) is 0.467. The Morgan fingerprint density at radius 3 is 2.12 bits per heavy atom. The van der Waals surface area contributed by atoms with Crippen LogP contribution in [-0.4, -0.2) is 51.0 Å². The van der Waals surface area contributed by atoms with Crippen molar-refractivity contribution in [3.63, 3.8) is 0 Å². The molecule has 0 aromatic heterocycles. The van der Waals surface area contributed by atoms with E-state index in [9.17, 15) is 24.3 Å². The number of carbonyl (C=O) groups excluding carboxylic acids is 4. The van der Waals surface area contributed by atoms with Crippen molar-refractivity contribution in [2.24, 2.45) is 5.73 Å². The van der Waals surface area contributed by atoms with Gasteiger partial charge in [-0.3, -0.25) is 14.4 Å². The van der Waals surface area contributed by atoms with E-state index in [0.29, 0.717) is 16.8 Å². The summed E-state index contributed by atoms with van der Waals surface area (Å²) in [5.74, 6) is -1.70. The highest BCUT2D eigenvalue weighted by molar-refractivity contribution is 5.99. The molecular formula is C30H42N4O6. The number of phenolic OH excluding ortho intramolecular Hbond substituents is 1. The Kier molecular flexibility index (Phi) is 10.3. The standard InChI is InChI=1S/C30H42N4O6/c1-18-11-9-10-12-21(18)32-26(37)25(20-13-15-23(35)19(2)17-20)34(29(3,4)5)27(38)22(14-16-24(31)36)33-28(39)40-30(6,7)8/h9-13,15,17,22,25,35H,14,16H2,1-8H3,(H2,31,36)(H,32,37)(H,33,39). The van der Waals surface area contributed by atoms with Crippen LogP contribution in [0.25, 0.3) is 0 Å². The number of phenols is 1. The molecule has 0 spiro atoms. The van der Waals surface area contributed by atoms with Gasteiger partial charge in [0, 0.05) is 17.6 Å². The monoisotopic (exact) mass is 554 g/mol. The van der Waals surface area contributed by atoms with Gasteiger partial charge in [-0.25, -0.2) is 4.79 Å². The summed E-state index contributed by atoms with van der Waals surface area (Å²) in [6.07, 6.45) is -1.12. The van der Waals surface area contributed by atoms with E-state index in [-0.39, 0.29) is 18.6 Å². The van der Waals surface area contributed by atoms with Crippen molar-refractivity contribution in [2.45, 2.75) is 91.5 Å². The summed E-state index contributed by atoms with van der Waals surface area (Å²) in [5, 5.41) is 15.7. The maximum absolute atomic E-state index is 14.3. The number of anilines is 1. The van der Waals surface area contributed by atoms with Crippen LogP contribution >= 0.6 is 0 Å². The van der Waals surface area contributed by atoms with Crippen molar-refractivity contribution < 1.29 is 29.0 Å². The lowest BCUT2D eigenvalue weighted by atomic mass is 9.93. The molecule has 0 bridgehead atoms. The second-order valence-corrected chi connectivity index (χ2v) is 11.8. The van der Waals surface area contributed by atoms with E-state index in [4.69, 9.17) is 10.5 Å². The van der Waals surface area contributed by atoms with Crippen molar-refractivity contribution in [1.29, 1.82) is 0 Å². The molecule has 10 nitrogen and oxygen atoms in total. The predicted molar refractivity (Wildman–Crippen MR) is 154 cm³/mol. The van der Waals surface area contributed by atoms with E-state index in [1.807, 2.05) is 19.1 Å². The van der Waals surface area contributed by atoms with Crippen LogP contribution in [0, 0.1) is 13.8 Å². The fourth-order valence-electron chi connectivity index (χ4n) is 4.19. The number of hydrogen-bond donors (Lipinski definition) is 4. The Hall–Kier alpha value is -4.08. The highest BCUT2D eigenvalue weighted by Gasteiger charge is 2.42. The zero-order chi connectivity index (χ0) is 30.4. The van der Waals surface area contributed by atoms with E-state index in [0.717, 1.165) is 5.56 Å². The number of aryl methyl sites for hydroxylation is 2. The second-order valence-electron chi connectivity index (χ2n) is 11.8. The summed E-state index contributed by atoms with van der Waals surface area (Å²) in [6.45, 7) is 13.9. The van der Waals surface area contributed by atoms with E-state index in [1.165, 1.54) is 11.0 Å². The van der Waals surface area contributed by atoms with Gasteiger partial charge in [0.1, 0.15) is 23.4 Å². The smallest absolute Gasteiger partial charge is 0.408 e. The second kappa shape index (κ2) is 12.8. The van der Waals surface area contributed by atoms with Gasteiger partial charge in [0.2, 0.25) is 11.8 Å². The van der Waals surface area contributed by atoms with Gasteiger partial charge in [0.05, 0.1) is 0 Å². The number of ether oxygens (including phenoxy) is 1. The fourth-order valence-corrected chi connectivity index (χ4v) is 4.19. The lowest BCUT2D eigenvalue weighted by Gasteiger charge is -2.43. The van der Waals surface area contributed by atoms with E-state index in [2.05, 4.69) is 10.6 Å². The van der Waals surface area contributed by atoms with Gasteiger partial charge in [-0.15, -0.1) is 0 Å². The minimum absolute atomic E-state index is 0.0429. The van der Waals surface area contributed by atoms with E-state index < -0.39 is 47.0 Å². The van der Waals surface area contributed by atoms with Crippen LogP contribution in [0.5, 0.6) is 5.75 Å². The molecule has 40 heavy (non-hydrogen) atoms. The first-order chi connectivity index (χ1) is 18.4. The molecule has 218 valence electrons. The average Bonchev–Trinajstić information content (AvgIpc) is 2.81. The number of aromatic hydroxyl groups is 1. The third kappa shape index (κ3) is 9.00. The number of benzene rings is 2. The SMILES string of the molecule is Cc1cc(C(C(=O)Nc2ccccc2C)N(C(=O)C(CCC(N)=O)NC(=O)OC(C)(C)C)C(C)(C)C)ccc1O. The molecule has 10 heteroatoms. The molecule has 0 fully saturated rings. The first kappa shape index (κ1) is 32.1. The van der Waals surface area contributed by atoms with Gasteiger partial charge >= 0.3 is 6.09 Å². The lowest BCUT2D eigenvalue weighted by Crippen LogP contribution is -2.58. The summed E-state index contributed by atoms with van der Waals surface area (Å²) in [5.41, 5.74) is 5.99. The highest BCUT2D eigenvalue weighted by atomic mass is 16.6. The van der Waals surface area contributed by atoms with Crippen LogP contribution in [0.4, 0.5) is 10.5 Å². The zero-order valence-electron chi connectivity index (χ0n) is 24.6. The quantitative estimate of drug-likeness (QED) is 0.359. The minimum Gasteiger partial charge on any atom is -0.508 e. The van der Waals surface area contributed by atoms with Gasteiger partial charge in [-0.2, -0.15) is 0 Å². The highest BCUT2D eigenvalue weighted by Crippen LogP contribution is 2.33. The molecule has 0 aliphatic rings. The van der Waals surface area contributed by atoms with E-state index >= 15 is 0 Å². The van der Waals surface area contributed by atoms with Crippen LogP contribution in [0.2, 0.25) is 0 Å². The number of nitrogens with one attached hydrogen (secondary N) is 2. The van der Waals surface area contributed by atoms with Gasteiger partial charge in [0.15, 0.2) is 0 Å². The summed E-state index contributed by atoms with van der Waals surface area (Å²) >= 11 is 0. The zero-order valence-corrected chi connectivity index (χ0v) is 24.6. The molecule has 2 aromatic carbocycles. The first-order valence-corrected chi connectivity index (χ1v) is 13.2. The molecule has 0 heterocycles. The van der Waals surface area contributed by atoms with Crippen molar-refractivity contribution in [1.82, 2.24) is 10.2 Å². The van der Waals surface area contributed by atoms with E-state index in [1.54, 1.807) is 72.7 Å². The number of alkyl carbamates (subject to hydrolysis) is 1. The van der Waals surface area contributed by atoms with Gasteiger partial charge in [0.25, 0.3) is 5.91 Å². The summed E-state index contributed by atoms with van der Waals surface area (Å²) in [6, 6.07) is 9.56. The summed E-state index contributed by atoms with van der Waals surface area (Å²) in [4.78, 5) is 54.0. The van der Waals surface area contributed by atoms with Gasteiger partial charge < -0.3 is 31.1 Å². The normalized spacial score (nSPS) is 13.1. The third-order valence-corrected chi connectivity index (χ3v) is 6.07. The van der Waals surface area contributed by atoms with Gasteiger partial charge in [-0.05, 0) is 96.7 Å². The molecule has 0 saturated heterocycles. The van der Waals surface area contributed by atoms with Crippen LogP contribution in [0.1, 0.15) is 77.1 Å². The number of rotatable bonds is 9. The number of nitrogens with zero attached hydrogens (tertiary/aromatic N) is 1. The Morgan fingerprint density at radius 1 is 0.975 bits per heavy atom. The van der Waals surface area contributed by atoms with Crippen LogP contribution in [0.15, 0.2) is 42.5 Å². The molecule has 2 rings (SSSR count). The van der Waals surface area contributed by atoms with Gasteiger partial charge in [-0.1, -0.05) is 24.3 Å². The Morgan fingerprint density at radius 2 is 1.60 bits per heavy atom. The van der Waals surface area contributed by atoms with Crippen molar-refractivity contribution in [2.75, 3.05) is 5.32 Å². The maximum Gasteiger partial charge on any atom is 0.408 e. The number of amides is 4. The molecule has 2 unspecified atom stereocenters. The average molecular weight is 555 g/mol. The molecule has 2 aromatic rings. The van der Waals surface area contributed by atoms with Crippen molar-refractivity contribution in [3.05, 3.63) is 59.2 Å². The van der Waals surface area contributed by atoms with Crippen molar-refractivity contribution >= 4 is 29.5 Å². The molecule has 0 radical (unpaired) electrons. The first-order valence-electron chi connectivity index (χ1n) is 13.2. The Labute approximate surface area is 236 Å². The maximum atomic E-state index is 14.3. The van der Waals surface area contributed by atoms with Crippen LogP contribution < -0.4 is 16.4 Å². The molecule has 0 aliphatic heterocycles. The number of carbonyl (C=O) groups is 4.